The van der Waals surface area contributed by atoms with E-state index in [1.807, 2.05) is 39.0 Å². The predicted molar refractivity (Wildman–Crippen MR) is 89.3 cm³/mol. The fraction of sp³-hybridized carbons (Fsp3) is 0.235. The molecule has 21 heavy (non-hydrogen) atoms. The lowest BCUT2D eigenvalue weighted by molar-refractivity contribution is 0.102. The van der Waals surface area contributed by atoms with Gasteiger partial charge in [0.1, 0.15) is 5.75 Å². The molecule has 0 aliphatic carbocycles. The molecule has 2 rings (SSSR count). The zero-order valence-electron chi connectivity index (χ0n) is 12.6. The van der Waals surface area contributed by atoms with E-state index in [9.17, 15) is 4.79 Å². The summed E-state index contributed by atoms with van der Waals surface area (Å²) < 4.78 is 6.32. The molecule has 0 spiro atoms. The summed E-state index contributed by atoms with van der Waals surface area (Å²) in [5, 5.41) is 2.92. The van der Waals surface area contributed by atoms with Crippen molar-refractivity contribution in [2.45, 2.75) is 20.8 Å². The van der Waals surface area contributed by atoms with E-state index < -0.39 is 0 Å². The van der Waals surface area contributed by atoms with Crippen molar-refractivity contribution in [3.05, 3.63) is 57.1 Å². The molecule has 0 aliphatic rings. The molecule has 1 amide bonds. The second kappa shape index (κ2) is 6.31. The smallest absolute Gasteiger partial charge is 0.255 e. The highest BCUT2D eigenvalue weighted by molar-refractivity contribution is 9.10. The van der Waals surface area contributed by atoms with Gasteiger partial charge in [-0.15, -0.1) is 0 Å². The number of benzene rings is 2. The van der Waals surface area contributed by atoms with Crippen LogP contribution < -0.4 is 10.1 Å². The number of rotatable bonds is 3. The first-order chi connectivity index (χ1) is 9.92. The van der Waals surface area contributed by atoms with Gasteiger partial charge in [-0.05, 0) is 61.7 Å². The summed E-state index contributed by atoms with van der Waals surface area (Å²) in [5.41, 5.74) is 4.55. The van der Waals surface area contributed by atoms with Crippen molar-refractivity contribution in [2.75, 3.05) is 12.4 Å². The maximum Gasteiger partial charge on any atom is 0.255 e. The summed E-state index contributed by atoms with van der Waals surface area (Å²) in [6, 6.07) is 9.32. The first-order valence-electron chi connectivity index (χ1n) is 6.65. The first-order valence-corrected chi connectivity index (χ1v) is 7.44. The standard InChI is InChI=1S/C17H18BrNO2/c1-10-5-6-13(9-15(10)21-4)17(20)19-14-7-11(2)16(18)12(3)8-14/h5-9H,1-4H3,(H,19,20). The van der Waals surface area contributed by atoms with Crippen LogP contribution in [0.2, 0.25) is 0 Å². The number of amides is 1. The van der Waals surface area contributed by atoms with E-state index in [1.165, 1.54) is 0 Å². The fourth-order valence-electron chi connectivity index (χ4n) is 2.18. The minimum atomic E-state index is -0.144. The topological polar surface area (TPSA) is 38.3 Å². The van der Waals surface area contributed by atoms with Crippen molar-refractivity contribution in [3.63, 3.8) is 0 Å². The fourth-order valence-corrected chi connectivity index (χ4v) is 2.41. The Morgan fingerprint density at radius 3 is 2.24 bits per heavy atom. The van der Waals surface area contributed by atoms with E-state index in [0.29, 0.717) is 11.3 Å². The van der Waals surface area contributed by atoms with E-state index in [1.54, 1.807) is 19.2 Å². The zero-order chi connectivity index (χ0) is 15.6. The molecule has 2 aromatic carbocycles. The zero-order valence-corrected chi connectivity index (χ0v) is 14.2. The largest absolute Gasteiger partial charge is 0.496 e. The summed E-state index contributed by atoms with van der Waals surface area (Å²) in [4.78, 5) is 12.3. The summed E-state index contributed by atoms with van der Waals surface area (Å²) in [5.74, 6) is 0.570. The van der Waals surface area contributed by atoms with E-state index >= 15 is 0 Å². The lowest BCUT2D eigenvalue weighted by atomic mass is 10.1. The third-order valence-electron chi connectivity index (χ3n) is 3.36. The summed E-state index contributed by atoms with van der Waals surface area (Å²) in [6.45, 7) is 5.95. The van der Waals surface area contributed by atoms with Crippen LogP contribution in [0.4, 0.5) is 5.69 Å². The number of halogens is 1. The molecule has 110 valence electrons. The van der Waals surface area contributed by atoms with Gasteiger partial charge in [0.25, 0.3) is 5.91 Å². The maximum atomic E-state index is 12.3. The third kappa shape index (κ3) is 3.45. The Morgan fingerprint density at radius 2 is 1.67 bits per heavy atom. The Morgan fingerprint density at radius 1 is 1.05 bits per heavy atom. The average molecular weight is 348 g/mol. The summed E-state index contributed by atoms with van der Waals surface area (Å²) in [7, 11) is 1.60. The molecule has 0 unspecified atom stereocenters. The van der Waals surface area contributed by atoms with Gasteiger partial charge >= 0.3 is 0 Å². The molecule has 3 nitrogen and oxygen atoms in total. The molecule has 1 N–H and O–H groups in total. The Labute approximate surface area is 133 Å². The second-order valence-corrected chi connectivity index (χ2v) is 5.86. The van der Waals surface area contributed by atoms with Crippen LogP contribution in [-0.2, 0) is 0 Å². The molecule has 0 bridgehead atoms. The number of methoxy groups -OCH3 is 1. The van der Waals surface area contributed by atoms with Crippen LogP contribution in [0.15, 0.2) is 34.8 Å². The van der Waals surface area contributed by atoms with Crippen LogP contribution in [0, 0.1) is 20.8 Å². The van der Waals surface area contributed by atoms with Crippen molar-refractivity contribution >= 4 is 27.5 Å². The number of ether oxygens (including phenoxy) is 1. The van der Waals surface area contributed by atoms with Crippen molar-refractivity contribution in [3.8, 4) is 5.75 Å². The molecular weight excluding hydrogens is 330 g/mol. The van der Waals surface area contributed by atoms with Crippen LogP contribution >= 0.6 is 15.9 Å². The lowest BCUT2D eigenvalue weighted by Gasteiger charge is -2.11. The van der Waals surface area contributed by atoms with Crippen molar-refractivity contribution in [1.82, 2.24) is 0 Å². The van der Waals surface area contributed by atoms with Gasteiger partial charge in [-0.2, -0.15) is 0 Å². The Balaban J connectivity index is 2.26. The van der Waals surface area contributed by atoms with Crippen molar-refractivity contribution in [2.24, 2.45) is 0 Å². The van der Waals surface area contributed by atoms with E-state index in [4.69, 9.17) is 4.74 Å². The SMILES string of the molecule is COc1cc(C(=O)Nc2cc(C)c(Br)c(C)c2)ccc1C. The quantitative estimate of drug-likeness (QED) is 0.878. The Kier molecular flexibility index (Phi) is 4.68. The normalized spacial score (nSPS) is 10.3. The number of aryl methyl sites for hydroxylation is 3. The van der Waals surface area contributed by atoms with E-state index in [2.05, 4.69) is 21.2 Å². The molecule has 0 atom stereocenters. The van der Waals surface area contributed by atoms with E-state index in [-0.39, 0.29) is 5.91 Å². The molecule has 0 heterocycles. The number of hydrogen-bond acceptors (Lipinski definition) is 2. The monoisotopic (exact) mass is 347 g/mol. The highest BCUT2D eigenvalue weighted by Crippen LogP contribution is 2.26. The first kappa shape index (κ1) is 15.6. The third-order valence-corrected chi connectivity index (χ3v) is 4.62. The van der Waals surface area contributed by atoms with Gasteiger partial charge in [-0.1, -0.05) is 22.0 Å². The minimum absolute atomic E-state index is 0.144. The van der Waals surface area contributed by atoms with Crippen LogP contribution in [-0.4, -0.2) is 13.0 Å². The molecule has 0 aromatic heterocycles. The molecule has 2 aromatic rings. The number of anilines is 1. The molecule has 0 saturated carbocycles. The second-order valence-electron chi connectivity index (χ2n) is 5.06. The lowest BCUT2D eigenvalue weighted by Crippen LogP contribution is -2.12. The van der Waals surface area contributed by atoms with Crippen LogP contribution in [0.5, 0.6) is 5.75 Å². The summed E-state index contributed by atoms with van der Waals surface area (Å²) >= 11 is 3.52. The highest BCUT2D eigenvalue weighted by Gasteiger charge is 2.10. The van der Waals surface area contributed by atoms with Crippen LogP contribution in [0.25, 0.3) is 0 Å². The van der Waals surface area contributed by atoms with Gasteiger partial charge in [0.15, 0.2) is 0 Å². The summed E-state index contributed by atoms with van der Waals surface area (Å²) in [6.07, 6.45) is 0. The number of hydrogen-bond donors (Lipinski definition) is 1. The highest BCUT2D eigenvalue weighted by atomic mass is 79.9. The predicted octanol–water partition coefficient (Wildman–Crippen LogP) is 4.64. The number of carbonyl (C=O) groups excluding carboxylic acids is 1. The van der Waals surface area contributed by atoms with Gasteiger partial charge in [0.05, 0.1) is 7.11 Å². The Bertz CT molecular complexity index is 672. The average Bonchev–Trinajstić information content (AvgIpc) is 2.45. The van der Waals surface area contributed by atoms with Gasteiger partial charge in [0, 0.05) is 15.7 Å². The molecular formula is C17H18BrNO2. The van der Waals surface area contributed by atoms with Crippen molar-refractivity contribution < 1.29 is 9.53 Å². The van der Waals surface area contributed by atoms with Crippen LogP contribution in [0.3, 0.4) is 0 Å². The van der Waals surface area contributed by atoms with Gasteiger partial charge in [-0.25, -0.2) is 0 Å². The minimum Gasteiger partial charge on any atom is -0.496 e. The maximum absolute atomic E-state index is 12.3. The van der Waals surface area contributed by atoms with E-state index in [0.717, 1.165) is 26.9 Å². The Hall–Kier alpha value is -1.81. The van der Waals surface area contributed by atoms with Gasteiger partial charge in [-0.3, -0.25) is 4.79 Å². The van der Waals surface area contributed by atoms with Gasteiger partial charge < -0.3 is 10.1 Å². The van der Waals surface area contributed by atoms with Gasteiger partial charge in [0.2, 0.25) is 0 Å². The number of nitrogens with one attached hydrogen (secondary N) is 1. The molecule has 0 radical (unpaired) electrons. The molecule has 0 aliphatic heterocycles. The molecule has 0 fully saturated rings. The number of carbonyl (C=O) groups is 1. The molecule has 0 saturated heterocycles. The molecule has 4 heteroatoms. The van der Waals surface area contributed by atoms with Crippen LogP contribution in [0.1, 0.15) is 27.0 Å². The van der Waals surface area contributed by atoms with Crippen molar-refractivity contribution in [1.29, 1.82) is 0 Å².